The lowest BCUT2D eigenvalue weighted by atomic mass is 9.99. The summed E-state index contributed by atoms with van der Waals surface area (Å²) in [7, 11) is 0. The lowest BCUT2D eigenvalue weighted by Gasteiger charge is -2.12. The Kier molecular flexibility index (Phi) is 5.60. The number of fused-ring (bicyclic) bond motifs is 1. The number of hydrogen-bond acceptors (Lipinski definition) is 4. The van der Waals surface area contributed by atoms with Crippen LogP contribution in [-0.2, 0) is 0 Å². The summed E-state index contributed by atoms with van der Waals surface area (Å²) in [5.74, 6) is 1.40. The van der Waals surface area contributed by atoms with Gasteiger partial charge in [-0.05, 0) is 52.9 Å². The van der Waals surface area contributed by atoms with Crippen LogP contribution in [0.5, 0.6) is 17.4 Å². The first kappa shape index (κ1) is 21.6. The van der Waals surface area contributed by atoms with E-state index in [1.54, 1.807) is 6.07 Å². The molecule has 0 aliphatic carbocycles. The molecular weight excluding hydrogens is 444 g/mol. The van der Waals surface area contributed by atoms with Crippen molar-refractivity contribution in [2.45, 2.75) is 0 Å². The van der Waals surface area contributed by atoms with Gasteiger partial charge in [-0.15, -0.1) is 0 Å². The molecule has 0 bridgehead atoms. The minimum Gasteiger partial charge on any atom is -0.507 e. The topological polar surface area (TPSA) is 55.2 Å². The molecule has 0 aliphatic heterocycles. The first-order chi connectivity index (χ1) is 17.7. The largest absolute Gasteiger partial charge is 0.507 e. The standard InChI is InChI=1S/C32H22N2O2/c35-31-16-7-6-15-28(31)30-19-26(22-9-2-1-3-10-22)18-29(34-30)24-13-8-14-27(17-24)36-32-20-23-11-4-5-12-25(23)21-33-32/h1-21,35H. The SMILES string of the molecule is Oc1ccccc1-c1cc(-c2ccccc2)cc(-c2cccc(Oc3cc4ccccc4cn3)c2)n1. The Balaban J connectivity index is 1.42. The summed E-state index contributed by atoms with van der Waals surface area (Å²) >= 11 is 0. The fourth-order valence-electron chi connectivity index (χ4n) is 4.26. The molecule has 1 N–H and O–H groups in total. The number of ether oxygens (including phenoxy) is 1. The highest BCUT2D eigenvalue weighted by Gasteiger charge is 2.12. The van der Waals surface area contributed by atoms with Gasteiger partial charge < -0.3 is 9.84 Å². The van der Waals surface area contributed by atoms with Crippen molar-refractivity contribution < 1.29 is 9.84 Å². The number of pyridine rings is 2. The van der Waals surface area contributed by atoms with E-state index in [-0.39, 0.29) is 5.75 Å². The second-order valence-electron chi connectivity index (χ2n) is 8.51. The molecule has 0 spiro atoms. The molecule has 2 aromatic heterocycles. The zero-order chi connectivity index (χ0) is 24.3. The molecule has 0 unspecified atom stereocenters. The summed E-state index contributed by atoms with van der Waals surface area (Å²) < 4.78 is 6.12. The van der Waals surface area contributed by atoms with Crippen LogP contribution in [0.15, 0.2) is 128 Å². The van der Waals surface area contributed by atoms with Gasteiger partial charge in [0.25, 0.3) is 0 Å². The Labute approximate surface area is 209 Å². The third kappa shape index (κ3) is 4.40. The van der Waals surface area contributed by atoms with Gasteiger partial charge in [0, 0.05) is 28.8 Å². The second kappa shape index (κ2) is 9.35. The lowest BCUT2D eigenvalue weighted by molar-refractivity contribution is 0.464. The van der Waals surface area contributed by atoms with Gasteiger partial charge in [0.15, 0.2) is 0 Å². The highest BCUT2D eigenvalue weighted by Crippen LogP contribution is 2.35. The van der Waals surface area contributed by atoms with Crippen molar-refractivity contribution in [2.75, 3.05) is 0 Å². The second-order valence-corrected chi connectivity index (χ2v) is 8.51. The van der Waals surface area contributed by atoms with Crippen molar-refractivity contribution in [1.82, 2.24) is 9.97 Å². The molecule has 0 fully saturated rings. The number of hydrogen-bond donors (Lipinski definition) is 1. The highest BCUT2D eigenvalue weighted by atomic mass is 16.5. The van der Waals surface area contributed by atoms with Crippen LogP contribution in [-0.4, -0.2) is 15.1 Å². The normalized spacial score (nSPS) is 10.9. The average Bonchev–Trinajstić information content (AvgIpc) is 2.94. The van der Waals surface area contributed by atoms with E-state index in [0.717, 1.165) is 33.2 Å². The van der Waals surface area contributed by atoms with E-state index in [2.05, 4.69) is 23.2 Å². The minimum atomic E-state index is 0.195. The number of phenolic OH excluding ortho intramolecular Hbond substituents is 1. The van der Waals surface area contributed by atoms with Gasteiger partial charge in [-0.2, -0.15) is 0 Å². The first-order valence-electron chi connectivity index (χ1n) is 11.7. The van der Waals surface area contributed by atoms with E-state index in [1.165, 1.54) is 0 Å². The van der Waals surface area contributed by atoms with Gasteiger partial charge in [0.2, 0.25) is 5.88 Å². The van der Waals surface area contributed by atoms with Crippen molar-refractivity contribution in [3.05, 3.63) is 128 Å². The van der Waals surface area contributed by atoms with E-state index in [4.69, 9.17) is 9.72 Å². The summed E-state index contributed by atoms with van der Waals surface area (Å²) in [5, 5.41) is 12.6. The number of aromatic nitrogens is 2. The summed E-state index contributed by atoms with van der Waals surface area (Å²) in [6.07, 6.45) is 1.82. The molecule has 0 aliphatic rings. The van der Waals surface area contributed by atoms with Crippen LogP contribution < -0.4 is 4.74 Å². The van der Waals surface area contributed by atoms with Crippen molar-refractivity contribution in [3.63, 3.8) is 0 Å². The van der Waals surface area contributed by atoms with Gasteiger partial charge in [0.05, 0.1) is 11.4 Å². The smallest absolute Gasteiger partial charge is 0.219 e. The van der Waals surface area contributed by atoms with Crippen molar-refractivity contribution in [1.29, 1.82) is 0 Å². The van der Waals surface area contributed by atoms with Crippen LogP contribution in [0, 0.1) is 0 Å². The molecule has 0 saturated carbocycles. The van der Waals surface area contributed by atoms with Crippen LogP contribution in [0.2, 0.25) is 0 Å². The monoisotopic (exact) mass is 466 g/mol. The molecule has 6 rings (SSSR count). The molecule has 172 valence electrons. The van der Waals surface area contributed by atoms with E-state index in [9.17, 15) is 5.11 Å². The third-order valence-corrected chi connectivity index (χ3v) is 6.07. The molecule has 4 aromatic carbocycles. The van der Waals surface area contributed by atoms with Crippen molar-refractivity contribution >= 4 is 10.8 Å². The van der Waals surface area contributed by atoms with Gasteiger partial charge in [-0.3, -0.25) is 0 Å². The number of para-hydroxylation sites is 1. The zero-order valence-corrected chi connectivity index (χ0v) is 19.4. The molecule has 0 radical (unpaired) electrons. The quantitative estimate of drug-likeness (QED) is 0.279. The predicted molar refractivity (Wildman–Crippen MR) is 144 cm³/mol. The Hall–Kier alpha value is -4.96. The molecule has 4 nitrogen and oxygen atoms in total. The summed E-state index contributed by atoms with van der Waals surface area (Å²) in [6, 6.07) is 39.3. The molecule has 0 saturated heterocycles. The number of benzene rings is 4. The fourth-order valence-corrected chi connectivity index (χ4v) is 4.26. The molecule has 0 amide bonds. The Morgan fingerprint density at radius 1 is 0.556 bits per heavy atom. The lowest BCUT2D eigenvalue weighted by Crippen LogP contribution is -1.93. The number of rotatable bonds is 5. The highest BCUT2D eigenvalue weighted by molar-refractivity contribution is 5.82. The predicted octanol–water partition coefficient (Wildman–Crippen LogP) is 8.13. The van der Waals surface area contributed by atoms with Crippen molar-refractivity contribution in [3.8, 4) is 51.0 Å². The van der Waals surface area contributed by atoms with Gasteiger partial charge >= 0.3 is 0 Å². The molecular formula is C32H22N2O2. The summed E-state index contributed by atoms with van der Waals surface area (Å²) in [5.41, 5.74) is 5.16. The molecule has 2 heterocycles. The van der Waals surface area contributed by atoms with Crippen LogP contribution in [0.3, 0.4) is 0 Å². The van der Waals surface area contributed by atoms with E-state index in [0.29, 0.717) is 22.9 Å². The number of phenols is 1. The van der Waals surface area contributed by atoms with Gasteiger partial charge in [-0.1, -0.05) is 78.9 Å². The van der Waals surface area contributed by atoms with E-state index < -0.39 is 0 Å². The Morgan fingerprint density at radius 2 is 1.28 bits per heavy atom. The van der Waals surface area contributed by atoms with E-state index in [1.807, 2.05) is 103 Å². The maximum Gasteiger partial charge on any atom is 0.219 e. The van der Waals surface area contributed by atoms with Crippen molar-refractivity contribution in [2.24, 2.45) is 0 Å². The molecule has 0 atom stereocenters. The van der Waals surface area contributed by atoms with Gasteiger partial charge in [0.1, 0.15) is 11.5 Å². The van der Waals surface area contributed by atoms with Crippen LogP contribution in [0.25, 0.3) is 44.4 Å². The van der Waals surface area contributed by atoms with Crippen LogP contribution in [0.1, 0.15) is 0 Å². The molecule has 36 heavy (non-hydrogen) atoms. The number of aromatic hydroxyl groups is 1. The molecule has 6 aromatic rings. The number of nitrogens with zero attached hydrogens (tertiary/aromatic N) is 2. The average molecular weight is 467 g/mol. The zero-order valence-electron chi connectivity index (χ0n) is 19.4. The maximum atomic E-state index is 10.5. The van der Waals surface area contributed by atoms with Crippen LogP contribution >= 0.6 is 0 Å². The minimum absolute atomic E-state index is 0.195. The Bertz CT molecular complexity index is 1680. The molecule has 4 heteroatoms. The first-order valence-corrected chi connectivity index (χ1v) is 11.7. The van der Waals surface area contributed by atoms with Crippen LogP contribution in [0.4, 0.5) is 0 Å². The summed E-state index contributed by atoms with van der Waals surface area (Å²) in [4.78, 5) is 9.37. The fraction of sp³-hybridized carbons (Fsp3) is 0. The maximum absolute atomic E-state index is 10.5. The van der Waals surface area contributed by atoms with E-state index >= 15 is 0 Å². The van der Waals surface area contributed by atoms with Gasteiger partial charge in [-0.25, -0.2) is 9.97 Å². The third-order valence-electron chi connectivity index (χ3n) is 6.07. The summed E-state index contributed by atoms with van der Waals surface area (Å²) in [6.45, 7) is 0. The Morgan fingerprint density at radius 3 is 2.14 bits per heavy atom.